The van der Waals surface area contributed by atoms with Gasteiger partial charge in [-0.1, -0.05) is 13.8 Å². The van der Waals surface area contributed by atoms with Gasteiger partial charge in [0.2, 0.25) is 26.0 Å². The number of sulfonamides is 2. The van der Waals surface area contributed by atoms with Gasteiger partial charge in [-0.05, 0) is 86.4 Å². The monoisotopic (exact) mass is 660 g/mol. The topological polar surface area (TPSA) is 98.3 Å². The Hall–Kier alpha value is -1.67. The molecule has 0 aromatic heterocycles. The number of nitrogens with zero attached hydrogens (tertiary/aromatic N) is 4. The third-order valence-corrected chi connectivity index (χ3v) is 12.2. The number of carbonyl (C=O) groups is 1. The predicted octanol–water partition coefficient (Wildman–Crippen LogP) is 3.73. The van der Waals surface area contributed by atoms with Crippen LogP contribution < -0.4 is 0 Å². The molecule has 3 aliphatic rings. The zero-order valence-electron chi connectivity index (χ0n) is 26.6. The summed E-state index contributed by atoms with van der Waals surface area (Å²) in [4.78, 5) is 17.9. The maximum Gasteiger partial charge on any atom is 0.223 e. The molecule has 0 bridgehead atoms. The minimum absolute atomic E-state index is 0.0425. The van der Waals surface area contributed by atoms with Crippen LogP contribution in [0.3, 0.4) is 0 Å². The predicted molar refractivity (Wildman–Crippen MR) is 168 cm³/mol. The van der Waals surface area contributed by atoms with Crippen LogP contribution >= 0.6 is 0 Å². The van der Waals surface area contributed by atoms with Crippen molar-refractivity contribution in [3.63, 3.8) is 0 Å². The number of benzene rings is 1. The van der Waals surface area contributed by atoms with Gasteiger partial charge < -0.3 is 9.80 Å². The Bertz CT molecular complexity index is 1320. The lowest BCUT2D eigenvalue weighted by Crippen LogP contribution is -2.49. The first kappa shape index (κ1) is 35.2. The molecular formula is C31H50F2N4O5S2. The van der Waals surface area contributed by atoms with Crippen LogP contribution in [-0.4, -0.2) is 112 Å². The Morgan fingerprint density at radius 3 is 1.95 bits per heavy atom. The van der Waals surface area contributed by atoms with E-state index in [0.717, 1.165) is 38.5 Å². The molecule has 1 aromatic carbocycles. The van der Waals surface area contributed by atoms with Crippen LogP contribution in [0, 0.1) is 29.4 Å². The summed E-state index contributed by atoms with van der Waals surface area (Å²) in [6, 6.07) is 3.84. The Morgan fingerprint density at radius 1 is 0.864 bits per heavy atom. The van der Waals surface area contributed by atoms with Crippen molar-refractivity contribution < 1.29 is 30.4 Å². The molecule has 1 aromatic rings. The second-order valence-electron chi connectivity index (χ2n) is 13.6. The first-order valence-electron chi connectivity index (χ1n) is 16.0. The third-order valence-electron chi connectivity index (χ3n) is 9.67. The minimum atomic E-state index is -3.27. The zero-order chi connectivity index (χ0) is 32.2. The zero-order valence-corrected chi connectivity index (χ0v) is 28.3. The molecule has 0 aliphatic carbocycles. The number of carbonyl (C=O) groups excluding carboxylic acids is 1. The first-order chi connectivity index (χ1) is 20.6. The number of halogens is 2. The second kappa shape index (κ2) is 14.8. The van der Waals surface area contributed by atoms with E-state index in [1.165, 1.54) is 33.3 Å². The number of rotatable bonds is 12. The molecule has 1 amide bonds. The largest absolute Gasteiger partial charge is 0.339 e. The Balaban J connectivity index is 1.35. The molecule has 13 heteroatoms. The van der Waals surface area contributed by atoms with Gasteiger partial charge in [-0.25, -0.2) is 34.2 Å². The van der Waals surface area contributed by atoms with Crippen LogP contribution in [0.4, 0.5) is 8.78 Å². The van der Waals surface area contributed by atoms with E-state index in [9.17, 15) is 30.4 Å². The maximum atomic E-state index is 14.2. The molecule has 1 unspecified atom stereocenters. The van der Waals surface area contributed by atoms with Gasteiger partial charge in [0, 0.05) is 64.3 Å². The van der Waals surface area contributed by atoms with Gasteiger partial charge in [0.15, 0.2) is 0 Å². The van der Waals surface area contributed by atoms with Crippen molar-refractivity contribution in [1.29, 1.82) is 0 Å². The fraction of sp³-hybridized carbons (Fsp3) is 0.774. The molecule has 2 atom stereocenters. The number of hydrogen-bond donors (Lipinski definition) is 0. The normalized spacial score (nSPS) is 22.9. The van der Waals surface area contributed by atoms with Crippen molar-refractivity contribution in [2.75, 3.05) is 64.9 Å². The molecule has 3 fully saturated rings. The lowest BCUT2D eigenvalue weighted by Gasteiger charge is -2.41. The molecule has 44 heavy (non-hydrogen) atoms. The van der Waals surface area contributed by atoms with E-state index in [4.69, 9.17) is 0 Å². The molecule has 3 saturated heterocycles. The molecule has 0 radical (unpaired) electrons. The molecule has 250 valence electrons. The summed E-state index contributed by atoms with van der Waals surface area (Å²) in [6.07, 6.45) is 7.18. The molecule has 3 aliphatic heterocycles. The highest BCUT2D eigenvalue weighted by atomic mass is 32.2. The number of piperidine rings is 2. The average molecular weight is 661 g/mol. The highest BCUT2D eigenvalue weighted by Gasteiger charge is 2.35. The Labute approximate surface area is 263 Å². The average Bonchev–Trinajstić information content (AvgIpc) is 3.41. The van der Waals surface area contributed by atoms with Crippen LogP contribution in [0.5, 0.6) is 0 Å². The van der Waals surface area contributed by atoms with E-state index in [0.29, 0.717) is 76.3 Å². The molecule has 0 spiro atoms. The van der Waals surface area contributed by atoms with Gasteiger partial charge in [0.1, 0.15) is 11.6 Å². The van der Waals surface area contributed by atoms with Crippen LogP contribution in [0.1, 0.15) is 70.3 Å². The molecule has 0 saturated carbocycles. The SMILES string of the molecule is CC(C)CN(C(=O)CC1CCN(S(C)(=O)=O)C1)C1CCN(CC[C@@H](c2cc(F)cc(F)c2)C2CCN(S(C)(=O)=O)CC2)CC1. The third kappa shape index (κ3) is 9.67. The Kier molecular flexibility index (Phi) is 11.9. The molecule has 0 N–H and O–H groups in total. The lowest BCUT2D eigenvalue weighted by molar-refractivity contribution is -0.136. The van der Waals surface area contributed by atoms with Crippen LogP contribution in [0.2, 0.25) is 0 Å². The summed E-state index contributed by atoms with van der Waals surface area (Å²) >= 11 is 0. The van der Waals surface area contributed by atoms with E-state index < -0.39 is 31.7 Å². The smallest absolute Gasteiger partial charge is 0.223 e. The van der Waals surface area contributed by atoms with Gasteiger partial charge in [-0.2, -0.15) is 0 Å². The van der Waals surface area contributed by atoms with Gasteiger partial charge in [-0.15, -0.1) is 0 Å². The summed E-state index contributed by atoms with van der Waals surface area (Å²) in [5.41, 5.74) is 0.630. The summed E-state index contributed by atoms with van der Waals surface area (Å²) in [6.45, 7) is 8.96. The van der Waals surface area contributed by atoms with Crippen molar-refractivity contribution >= 4 is 26.0 Å². The highest BCUT2D eigenvalue weighted by molar-refractivity contribution is 7.88. The molecule has 3 heterocycles. The second-order valence-corrected chi connectivity index (χ2v) is 17.6. The highest BCUT2D eigenvalue weighted by Crippen LogP contribution is 2.37. The van der Waals surface area contributed by atoms with Crippen molar-refractivity contribution in [3.8, 4) is 0 Å². The fourth-order valence-electron chi connectivity index (χ4n) is 7.33. The summed E-state index contributed by atoms with van der Waals surface area (Å²) in [7, 11) is -6.52. The van der Waals surface area contributed by atoms with Crippen LogP contribution in [0.25, 0.3) is 0 Å². The summed E-state index contributed by atoms with van der Waals surface area (Å²) in [5, 5.41) is 0. The van der Waals surface area contributed by atoms with E-state index in [1.807, 2.05) is 4.90 Å². The van der Waals surface area contributed by atoms with Crippen molar-refractivity contribution in [2.24, 2.45) is 17.8 Å². The van der Waals surface area contributed by atoms with E-state index in [1.54, 1.807) is 0 Å². The van der Waals surface area contributed by atoms with E-state index in [2.05, 4.69) is 18.7 Å². The van der Waals surface area contributed by atoms with E-state index in [-0.39, 0.29) is 29.7 Å². The number of hydrogen-bond acceptors (Lipinski definition) is 6. The molecule has 4 rings (SSSR count). The van der Waals surface area contributed by atoms with Gasteiger partial charge >= 0.3 is 0 Å². The first-order valence-corrected chi connectivity index (χ1v) is 19.7. The van der Waals surface area contributed by atoms with Gasteiger partial charge in [0.05, 0.1) is 12.5 Å². The number of likely N-dealkylation sites (tertiary alicyclic amines) is 1. The number of amides is 1. The minimum Gasteiger partial charge on any atom is -0.339 e. The van der Waals surface area contributed by atoms with Crippen molar-refractivity contribution in [1.82, 2.24) is 18.4 Å². The quantitative estimate of drug-likeness (QED) is 0.339. The van der Waals surface area contributed by atoms with Gasteiger partial charge in [-0.3, -0.25) is 4.79 Å². The van der Waals surface area contributed by atoms with Gasteiger partial charge in [0.25, 0.3) is 0 Å². The molecule has 9 nitrogen and oxygen atoms in total. The van der Waals surface area contributed by atoms with Crippen molar-refractivity contribution in [2.45, 2.75) is 70.8 Å². The Morgan fingerprint density at radius 2 is 1.43 bits per heavy atom. The summed E-state index contributed by atoms with van der Waals surface area (Å²) in [5.74, 6) is -0.704. The molecular weight excluding hydrogens is 610 g/mol. The van der Waals surface area contributed by atoms with Crippen molar-refractivity contribution in [3.05, 3.63) is 35.4 Å². The fourth-order valence-corrected chi connectivity index (χ4v) is 9.12. The lowest BCUT2D eigenvalue weighted by atomic mass is 9.78. The van der Waals surface area contributed by atoms with Crippen LogP contribution in [0.15, 0.2) is 18.2 Å². The van der Waals surface area contributed by atoms with E-state index >= 15 is 0 Å². The summed E-state index contributed by atoms with van der Waals surface area (Å²) < 4.78 is 79.4. The van der Waals surface area contributed by atoms with Crippen LogP contribution in [-0.2, 0) is 24.8 Å². The standard InChI is InChI=1S/C31H50F2N4O5S2/c1-23(2)21-37(31(38)17-24-5-14-36(22-24)44(4,41)42)29-8-11-34(12-9-29)13-10-30(26-18-27(32)20-28(33)19-26)25-6-15-35(16-7-25)43(3,39)40/h18-20,23-25,29-30H,5-17,21-22H2,1-4H3/t24?,30-/m1/s1. The maximum absolute atomic E-state index is 14.2.